The van der Waals surface area contributed by atoms with E-state index in [2.05, 4.69) is 13.2 Å². The Labute approximate surface area is 259 Å². The van der Waals surface area contributed by atoms with Crippen molar-refractivity contribution in [3.63, 3.8) is 0 Å². The molecule has 2 aromatic carbocycles. The van der Waals surface area contributed by atoms with Crippen LogP contribution >= 0.6 is 11.8 Å². The molecule has 2 bridgehead atoms. The van der Waals surface area contributed by atoms with E-state index in [9.17, 15) is 19.5 Å². The first-order valence-corrected chi connectivity index (χ1v) is 16.1. The Kier molecular flexibility index (Phi) is 9.18. The van der Waals surface area contributed by atoms with Crippen molar-refractivity contribution >= 4 is 35.2 Å². The minimum absolute atomic E-state index is 0.0512. The van der Waals surface area contributed by atoms with Gasteiger partial charge in [-0.15, -0.1) is 24.9 Å². The Hall–Kier alpha value is -3.36. The van der Waals surface area contributed by atoms with E-state index < -0.39 is 28.7 Å². The number of thioether (sulfide) groups is 1. The van der Waals surface area contributed by atoms with Crippen LogP contribution in [0.15, 0.2) is 73.8 Å². The lowest BCUT2D eigenvalue weighted by atomic mass is 9.70. The van der Waals surface area contributed by atoms with Gasteiger partial charge in [-0.25, -0.2) is 0 Å². The fourth-order valence-corrected chi connectivity index (χ4v) is 9.65. The molecule has 6 atom stereocenters. The molecule has 0 aromatic heterocycles. The van der Waals surface area contributed by atoms with Gasteiger partial charge in [0.05, 0.1) is 29.2 Å². The molecule has 3 fully saturated rings. The van der Waals surface area contributed by atoms with Gasteiger partial charge >= 0.3 is 0 Å². The number of aliphatic hydroxyl groups excluding tert-OH is 1. The van der Waals surface area contributed by atoms with Gasteiger partial charge < -0.3 is 19.8 Å². The maximum Gasteiger partial charge on any atom is 0.251 e. The van der Waals surface area contributed by atoms with E-state index >= 15 is 0 Å². The van der Waals surface area contributed by atoms with Gasteiger partial charge in [0.15, 0.2) is 0 Å². The quantitative estimate of drug-likeness (QED) is 0.350. The lowest BCUT2D eigenvalue weighted by Crippen LogP contribution is -2.57. The topological polar surface area (TPSA) is 81.2 Å². The van der Waals surface area contributed by atoms with Crippen molar-refractivity contribution in [3.8, 4) is 0 Å². The van der Waals surface area contributed by atoms with E-state index in [0.29, 0.717) is 32.5 Å². The summed E-state index contributed by atoms with van der Waals surface area (Å²) in [4.78, 5) is 49.0. The third-order valence-electron chi connectivity index (χ3n) is 9.44. The highest BCUT2D eigenvalue weighted by molar-refractivity contribution is 8.02. The lowest BCUT2D eigenvalue weighted by molar-refractivity contribution is -0.145. The van der Waals surface area contributed by atoms with Crippen LogP contribution in [0.2, 0.25) is 0 Å². The molecular weight excluding hydrogens is 558 g/mol. The summed E-state index contributed by atoms with van der Waals surface area (Å²) in [6, 6.07) is 14.5. The second-order valence-corrected chi connectivity index (χ2v) is 13.7. The molecule has 2 aromatic rings. The number of likely N-dealkylation sites (tertiary alicyclic amines) is 1. The number of fused-ring (bicyclic) bond motifs is 1. The van der Waals surface area contributed by atoms with Crippen LogP contribution in [0.1, 0.15) is 42.9 Å². The SMILES string of the molecule is C=CCN(Cc1ccccc1)C(=O)[C@@H]1[C@H]2C(=O)N([C@@H](CC)CO)C(C(=O)N(CC=C)c3cc(C)ccc3C)C23CC[C@H]1S3. The molecule has 1 N–H and O–H groups in total. The first kappa shape index (κ1) is 31.1. The average Bonchev–Trinajstić information content (AvgIpc) is 3.65. The summed E-state index contributed by atoms with van der Waals surface area (Å²) in [6.07, 6.45) is 5.37. The van der Waals surface area contributed by atoms with Crippen molar-refractivity contribution in [2.75, 3.05) is 24.6 Å². The van der Waals surface area contributed by atoms with Crippen molar-refractivity contribution in [3.05, 3.63) is 90.5 Å². The Morgan fingerprint density at radius 3 is 2.49 bits per heavy atom. The van der Waals surface area contributed by atoms with E-state index in [0.717, 1.165) is 28.8 Å². The largest absolute Gasteiger partial charge is 0.394 e. The molecule has 5 rings (SSSR count). The molecule has 7 nitrogen and oxygen atoms in total. The van der Waals surface area contributed by atoms with Crippen molar-refractivity contribution < 1.29 is 19.5 Å². The monoisotopic (exact) mass is 601 g/mol. The predicted molar refractivity (Wildman–Crippen MR) is 173 cm³/mol. The molecule has 0 radical (unpaired) electrons. The van der Waals surface area contributed by atoms with Gasteiger partial charge in [-0.05, 0) is 55.9 Å². The number of benzene rings is 2. The van der Waals surface area contributed by atoms with E-state index in [4.69, 9.17) is 0 Å². The van der Waals surface area contributed by atoms with Crippen LogP contribution in [0, 0.1) is 25.7 Å². The number of anilines is 1. The number of aliphatic hydroxyl groups is 1. The second-order valence-electron chi connectivity index (χ2n) is 12.1. The summed E-state index contributed by atoms with van der Waals surface area (Å²) in [6.45, 7) is 14.6. The zero-order chi connectivity index (χ0) is 30.9. The zero-order valence-corrected chi connectivity index (χ0v) is 26.3. The average molecular weight is 602 g/mol. The zero-order valence-electron chi connectivity index (χ0n) is 25.4. The molecule has 3 heterocycles. The summed E-state index contributed by atoms with van der Waals surface area (Å²) < 4.78 is -0.745. The number of nitrogens with zero attached hydrogens (tertiary/aromatic N) is 3. The Morgan fingerprint density at radius 2 is 1.84 bits per heavy atom. The molecule has 2 unspecified atom stereocenters. The fourth-order valence-electron chi connectivity index (χ4n) is 7.46. The Balaban J connectivity index is 1.57. The van der Waals surface area contributed by atoms with Gasteiger partial charge in [0.1, 0.15) is 6.04 Å². The first-order chi connectivity index (χ1) is 20.7. The molecule has 8 heteroatoms. The molecule has 3 aliphatic heterocycles. The molecule has 43 heavy (non-hydrogen) atoms. The molecule has 0 saturated carbocycles. The van der Waals surface area contributed by atoms with Crippen LogP contribution in [0.3, 0.4) is 0 Å². The van der Waals surface area contributed by atoms with Crippen LogP contribution < -0.4 is 4.90 Å². The van der Waals surface area contributed by atoms with Crippen LogP contribution in [0.5, 0.6) is 0 Å². The first-order valence-electron chi connectivity index (χ1n) is 15.3. The molecule has 0 aliphatic carbocycles. The summed E-state index contributed by atoms with van der Waals surface area (Å²) in [5.41, 5.74) is 3.79. The summed E-state index contributed by atoms with van der Waals surface area (Å²) in [7, 11) is 0. The number of carbonyl (C=O) groups excluding carboxylic acids is 3. The molecule has 3 saturated heterocycles. The van der Waals surface area contributed by atoms with Crippen LogP contribution in [-0.2, 0) is 20.9 Å². The molecule has 3 amide bonds. The molecular formula is C35H43N3O4S. The van der Waals surface area contributed by atoms with Crippen molar-refractivity contribution in [2.24, 2.45) is 11.8 Å². The third-order valence-corrected chi connectivity index (χ3v) is 11.4. The smallest absolute Gasteiger partial charge is 0.251 e. The molecule has 228 valence electrons. The highest BCUT2D eigenvalue weighted by atomic mass is 32.2. The summed E-state index contributed by atoms with van der Waals surface area (Å²) >= 11 is 1.66. The second kappa shape index (κ2) is 12.7. The van der Waals surface area contributed by atoms with E-state index in [1.54, 1.807) is 38.6 Å². The third kappa shape index (κ3) is 5.33. The molecule has 3 aliphatic rings. The summed E-state index contributed by atoms with van der Waals surface area (Å²) in [5.74, 6) is -1.61. The van der Waals surface area contributed by atoms with Crippen LogP contribution in [0.4, 0.5) is 5.69 Å². The maximum absolute atomic E-state index is 14.9. The van der Waals surface area contributed by atoms with E-state index in [1.165, 1.54) is 0 Å². The standard InChI is InChI=1S/C35H43N3O4S/c1-6-18-36(21-25-12-10-9-11-13-25)32(40)29-28-16-17-35(43-28)30(29)33(41)38(26(8-3)22-39)31(35)34(42)37(19-7-2)27-20-23(4)14-15-24(27)5/h6-7,9-15,20,26,28-31,39H,1-2,8,16-19,21-22H2,3-5H3/t26-,28+,29-,30-,31?,35?/m0/s1. The highest BCUT2D eigenvalue weighted by Crippen LogP contribution is 2.67. The Bertz CT molecular complexity index is 1390. The van der Waals surface area contributed by atoms with E-state index in [1.807, 2.05) is 69.3 Å². The minimum Gasteiger partial charge on any atom is -0.394 e. The maximum atomic E-state index is 14.9. The predicted octanol–water partition coefficient (Wildman–Crippen LogP) is 4.90. The van der Waals surface area contributed by atoms with Crippen LogP contribution in [0.25, 0.3) is 0 Å². The molecule has 1 spiro atoms. The fraction of sp³-hybridized carbons (Fsp3) is 0.457. The number of aryl methyl sites for hydroxylation is 2. The van der Waals surface area contributed by atoms with Gasteiger partial charge in [-0.1, -0.05) is 61.5 Å². The van der Waals surface area contributed by atoms with Crippen molar-refractivity contribution in [1.29, 1.82) is 0 Å². The highest BCUT2D eigenvalue weighted by Gasteiger charge is 2.74. The lowest BCUT2D eigenvalue weighted by Gasteiger charge is -2.40. The van der Waals surface area contributed by atoms with Gasteiger partial charge in [0.25, 0.3) is 5.91 Å². The Morgan fingerprint density at radius 1 is 1.12 bits per heavy atom. The van der Waals surface area contributed by atoms with Crippen molar-refractivity contribution in [2.45, 2.75) is 68.7 Å². The van der Waals surface area contributed by atoms with Crippen LogP contribution in [-0.4, -0.2) is 74.4 Å². The van der Waals surface area contributed by atoms with Crippen molar-refractivity contribution in [1.82, 2.24) is 9.80 Å². The number of amides is 3. The number of carbonyl (C=O) groups is 3. The van der Waals surface area contributed by atoms with Gasteiger partial charge in [0.2, 0.25) is 11.8 Å². The normalized spacial score (nSPS) is 26.2. The van der Waals surface area contributed by atoms with Gasteiger partial charge in [-0.2, -0.15) is 0 Å². The van der Waals surface area contributed by atoms with Gasteiger partial charge in [-0.3, -0.25) is 14.4 Å². The summed E-state index contributed by atoms with van der Waals surface area (Å²) in [5, 5.41) is 10.4. The number of hydrogen-bond acceptors (Lipinski definition) is 5. The minimum atomic E-state index is -0.795. The number of rotatable bonds is 12. The van der Waals surface area contributed by atoms with Gasteiger partial charge in [0, 0.05) is 30.6 Å². The van der Waals surface area contributed by atoms with E-state index in [-0.39, 0.29) is 29.6 Å². The number of hydrogen-bond donors (Lipinski definition) is 1.